The lowest BCUT2D eigenvalue weighted by molar-refractivity contribution is -0.113. The highest BCUT2D eigenvalue weighted by Gasteiger charge is 2.59. The second-order valence-corrected chi connectivity index (χ2v) is 9.04. The largest absolute Gasteiger partial charge is 0.369 e. The molecule has 1 fully saturated rings. The number of halogens is 3. The number of thioether (sulfide) groups is 1. The number of carbonyl (C=O) groups is 1. The van der Waals surface area contributed by atoms with E-state index in [2.05, 4.69) is 20.1 Å². The SMILES string of the molecule is [C-]#[N+]c1ccc(C(=O)Nc2ccc(F)c([C@]34CO[C@H](C(C)(F)F)[C@H]3CSC(C)=N4)c2)nc1. The Hall–Kier alpha value is -2.90. The summed E-state index contributed by atoms with van der Waals surface area (Å²) in [5.41, 5.74) is -0.559. The van der Waals surface area contributed by atoms with Gasteiger partial charge in [0.2, 0.25) is 5.69 Å². The van der Waals surface area contributed by atoms with E-state index in [9.17, 15) is 13.6 Å². The zero-order valence-corrected chi connectivity index (χ0v) is 18.0. The van der Waals surface area contributed by atoms with Crippen molar-refractivity contribution in [3.63, 3.8) is 0 Å². The molecule has 166 valence electrons. The van der Waals surface area contributed by atoms with Crippen molar-refractivity contribution in [2.45, 2.75) is 31.4 Å². The number of nitrogens with one attached hydrogen (secondary N) is 1. The third-order valence-corrected chi connectivity index (χ3v) is 6.63. The molecule has 3 atom stereocenters. The van der Waals surface area contributed by atoms with E-state index in [0.29, 0.717) is 16.5 Å². The summed E-state index contributed by atoms with van der Waals surface area (Å²) >= 11 is 1.34. The van der Waals surface area contributed by atoms with Crippen LogP contribution in [0.2, 0.25) is 0 Å². The van der Waals surface area contributed by atoms with Crippen LogP contribution >= 0.6 is 11.8 Å². The van der Waals surface area contributed by atoms with Crippen LogP contribution in [0.3, 0.4) is 0 Å². The third-order valence-electron chi connectivity index (χ3n) is 5.59. The molecule has 4 rings (SSSR count). The van der Waals surface area contributed by atoms with Crippen LogP contribution < -0.4 is 5.32 Å². The van der Waals surface area contributed by atoms with Gasteiger partial charge in [-0.3, -0.25) is 14.8 Å². The van der Waals surface area contributed by atoms with Gasteiger partial charge in [-0.2, -0.15) is 0 Å². The van der Waals surface area contributed by atoms with E-state index in [0.717, 1.165) is 6.92 Å². The van der Waals surface area contributed by atoms with Gasteiger partial charge < -0.3 is 10.1 Å². The predicted octanol–water partition coefficient (Wildman–Crippen LogP) is 5.05. The van der Waals surface area contributed by atoms with E-state index in [1.54, 1.807) is 6.92 Å². The second kappa shape index (κ2) is 8.22. The average molecular weight is 460 g/mol. The van der Waals surface area contributed by atoms with Crippen molar-refractivity contribution < 1.29 is 22.7 Å². The Balaban J connectivity index is 1.69. The summed E-state index contributed by atoms with van der Waals surface area (Å²) in [6.07, 6.45) is -0.116. The van der Waals surface area contributed by atoms with Crippen LogP contribution in [0.5, 0.6) is 0 Å². The molecule has 1 amide bonds. The monoisotopic (exact) mass is 460 g/mol. The van der Waals surface area contributed by atoms with Gasteiger partial charge in [-0.05, 0) is 31.2 Å². The molecule has 0 spiro atoms. The van der Waals surface area contributed by atoms with Crippen LogP contribution in [0.1, 0.15) is 29.9 Å². The molecule has 1 aromatic heterocycles. The molecule has 0 radical (unpaired) electrons. The molecule has 32 heavy (non-hydrogen) atoms. The fourth-order valence-electron chi connectivity index (χ4n) is 4.11. The number of fused-ring (bicyclic) bond motifs is 1. The maximum atomic E-state index is 15.0. The summed E-state index contributed by atoms with van der Waals surface area (Å²) in [6.45, 7) is 9.31. The lowest BCUT2D eigenvalue weighted by Gasteiger charge is -2.37. The van der Waals surface area contributed by atoms with E-state index in [4.69, 9.17) is 11.3 Å². The molecule has 1 N–H and O–H groups in total. The maximum absolute atomic E-state index is 15.0. The number of hydrogen-bond acceptors (Lipinski definition) is 5. The molecule has 2 aliphatic heterocycles. The van der Waals surface area contributed by atoms with E-state index in [1.807, 2.05) is 0 Å². The summed E-state index contributed by atoms with van der Waals surface area (Å²) in [5.74, 6) is -4.69. The third kappa shape index (κ3) is 3.98. The summed E-state index contributed by atoms with van der Waals surface area (Å²) in [5, 5.41) is 3.30. The number of alkyl halides is 2. The van der Waals surface area contributed by atoms with E-state index >= 15 is 4.39 Å². The quantitative estimate of drug-likeness (QED) is 0.648. The first-order valence-corrected chi connectivity index (χ1v) is 10.8. The number of pyridine rings is 1. The van der Waals surface area contributed by atoms with Crippen molar-refractivity contribution in [3.05, 3.63) is 65.0 Å². The highest BCUT2D eigenvalue weighted by atomic mass is 32.2. The Kier molecular flexibility index (Phi) is 5.73. The number of benzene rings is 1. The van der Waals surface area contributed by atoms with E-state index in [1.165, 1.54) is 48.3 Å². The number of ether oxygens (including phenoxy) is 1. The topological polar surface area (TPSA) is 67.9 Å². The standard InChI is InChI=1S/C22H19F3N4O2S/c1-12-29-22(11-31-19(21(2,24)25)16(22)10-32-12)15-8-13(4-6-17(15)23)28-20(30)18-7-5-14(26-3)9-27-18/h4-9,16,19H,10-11H2,1-2H3,(H,28,30)/t16-,19+,22-/m1/s1. The minimum atomic E-state index is -3.11. The van der Waals surface area contributed by atoms with Crippen molar-refractivity contribution in [1.82, 2.24) is 4.98 Å². The number of hydrogen-bond donors (Lipinski definition) is 1. The van der Waals surface area contributed by atoms with Gasteiger partial charge in [0.15, 0.2) is 0 Å². The van der Waals surface area contributed by atoms with E-state index < -0.39 is 35.2 Å². The lowest BCUT2D eigenvalue weighted by atomic mass is 9.77. The van der Waals surface area contributed by atoms with E-state index in [-0.39, 0.29) is 23.6 Å². The Morgan fingerprint density at radius 2 is 2.16 bits per heavy atom. The Morgan fingerprint density at radius 1 is 1.38 bits per heavy atom. The predicted molar refractivity (Wildman–Crippen MR) is 116 cm³/mol. The minimum Gasteiger partial charge on any atom is -0.369 e. The van der Waals surface area contributed by atoms with Gasteiger partial charge in [0, 0.05) is 36.0 Å². The normalized spacial score (nSPS) is 24.9. The molecule has 6 nitrogen and oxygen atoms in total. The van der Waals surface area contributed by atoms with Gasteiger partial charge >= 0.3 is 0 Å². The molecule has 1 saturated heterocycles. The van der Waals surface area contributed by atoms with Crippen molar-refractivity contribution >= 4 is 34.1 Å². The second-order valence-electron chi connectivity index (χ2n) is 7.82. The highest BCUT2D eigenvalue weighted by Crippen LogP contribution is 2.52. The molecule has 0 unspecified atom stereocenters. The molecule has 0 bridgehead atoms. The summed E-state index contributed by atoms with van der Waals surface area (Å²) in [7, 11) is 0. The molecule has 2 aromatic rings. The molecule has 1 aromatic carbocycles. The Morgan fingerprint density at radius 3 is 2.81 bits per heavy atom. The summed E-state index contributed by atoms with van der Waals surface area (Å²) < 4.78 is 48.9. The van der Waals surface area contributed by atoms with Gasteiger partial charge in [0.05, 0.1) is 18.2 Å². The van der Waals surface area contributed by atoms with Gasteiger partial charge in [-0.25, -0.2) is 18.0 Å². The molecule has 10 heteroatoms. The highest BCUT2D eigenvalue weighted by molar-refractivity contribution is 8.13. The van der Waals surface area contributed by atoms with Gasteiger partial charge in [0.1, 0.15) is 23.2 Å². The van der Waals surface area contributed by atoms with Crippen molar-refractivity contribution in [1.29, 1.82) is 0 Å². The number of aliphatic imine (C=N–C) groups is 1. The van der Waals surface area contributed by atoms with Crippen LogP contribution in [-0.2, 0) is 10.3 Å². The molecule has 0 aliphatic carbocycles. The van der Waals surface area contributed by atoms with Crippen molar-refractivity contribution in [2.24, 2.45) is 10.9 Å². The number of anilines is 1. The maximum Gasteiger partial charge on any atom is 0.274 e. The first-order chi connectivity index (χ1) is 15.1. The Labute approximate surface area is 187 Å². The minimum absolute atomic E-state index is 0.0807. The number of amides is 1. The Bertz CT molecular complexity index is 1130. The number of rotatable bonds is 4. The van der Waals surface area contributed by atoms with Crippen LogP contribution in [0.25, 0.3) is 4.85 Å². The van der Waals surface area contributed by atoms with Gasteiger partial charge in [-0.1, -0.05) is 6.07 Å². The number of carbonyl (C=O) groups excluding carboxylic acids is 1. The summed E-state index contributed by atoms with van der Waals surface area (Å²) in [4.78, 5) is 24.3. The van der Waals surface area contributed by atoms with Crippen LogP contribution in [0.15, 0.2) is 41.5 Å². The molecule has 0 saturated carbocycles. The molecular formula is C22H19F3N4O2S. The van der Waals surface area contributed by atoms with Gasteiger partial charge in [-0.15, -0.1) is 11.8 Å². The van der Waals surface area contributed by atoms with Crippen LogP contribution in [-0.4, -0.2) is 40.3 Å². The molecular weight excluding hydrogens is 441 g/mol. The molecule has 2 aliphatic rings. The lowest BCUT2D eigenvalue weighted by Crippen LogP contribution is -2.45. The van der Waals surface area contributed by atoms with Crippen molar-refractivity contribution in [3.8, 4) is 0 Å². The van der Waals surface area contributed by atoms with Gasteiger partial charge in [0.25, 0.3) is 11.8 Å². The average Bonchev–Trinajstić information content (AvgIpc) is 3.15. The molecule has 3 heterocycles. The summed E-state index contributed by atoms with van der Waals surface area (Å²) in [6, 6.07) is 6.85. The van der Waals surface area contributed by atoms with Crippen molar-refractivity contribution in [2.75, 3.05) is 17.7 Å². The first-order valence-electron chi connectivity index (χ1n) is 9.77. The zero-order valence-electron chi connectivity index (χ0n) is 17.2. The smallest absolute Gasteiger partial charge is 0.274 e. The number of nitrogens with zero attached hydrogens (tertiary/aromatic N) is 3. The van der Waals surface area contributed by atoms with Crippen LogP contribution in [0.4, 0.5) is 24.5 Å². The first kappa shape index (κ1) is 22.3. The zero-order chi connectivity index (χ0) is 23.1. The fourth-order valence-corrected chi connectivity index (χ4v) is 5.21. The fraction of sp³-hybridized carbons (Fsp3) is 0.364. The number of aromatic nitrogens is 1. The van der Waals surface area contributed by atoms with Crippen LogP contribution in [0, 0.1) is 18.3 Å².